The van der Waals surface area contributed by atoms with Gasteiger partial charge in [0.25, 0.3) is 0 Å². The molecule has 0 aliphatic heterocycles. The molecule has 1 unspecified atom stereocenters. The van der Waals surface area contributed by atoms with Crippen molar-refractivity contribution in [2.75, 3.05) is 6.54 Å². The van der Waals surface area contributed by atoms with Crippen LogP contribution in [0.1, 0.15) is 50.7 Å². The molecule has 0 bridgehead atoms. The van der Waals surface area contributed by atoms with Gasteiger partial charge in [0.1, 0.15) is 5.76 Å². The van der Waals surface area contributed by atoms with E-state index in [1.807, 2.05) is 6.20 Å². The van der Waals surface area contributed by atoms with Crippen LogP contribution in [0, 0.1) is 5.41 Å². The van der Waals surface area contributed by atoms with Crippen LogP contribution in [0.2, 0.25) is 0 Å². The minimum atomic E-state index is 0.361. The van der Waals surface area contributed by atoms with Crippen molar-refractivity contribution in [3.63, 3.8) is 0 Å². The SMILES string of the molecule is CC1(C)CCCC1c1cnc(CCN)o1. The lowest BCUT2D eigenvalue weighted by Crippen LogP contribution is -2.14. The number of nitrogens with two attached hydrogens (primary N) is 1. The van der Waals surface area contributed by atoms with Gasteiger partial charge in [-0.1, -0.05) is 20.3 Å². The van der Waals surface area contributed by atoms with Gasteiger partial charge in [0.05, 0.1) is 6.20 Å². The van der Waals surface area contributed by atoms with Crippen molar-refractivity contribution >= 4 is 0 Å². The van der Waals surface area contributed by atoms with Crippen LogP contribution in [0.25, 0.3) is 0 Å². The van der Waals surface area contributed by atoms with E-state index in [0.717, 1.165) is 18.1 Å². The first-order valence-electron chi connectivity index (χ1n) is 5.78. The standard InChI is InChI=1S/C12H20N2O/c1-12(2)6-3-4-9(12)10-8-14-11(15-10)5-7-13/h8-9H,3-7,13H2,1-2H3. The normalized spacial score (nSPS) is 24.6. The molecule has 0 amide bonds. The molecule has 1 saturated carbocycles. The van der Waals surface area contributed by atoms with Gasteiger partial charge >= 0.3 is 0 Å². The fourth-order valence-corrected chi connectivity index (χ4v) is 2.58. The van der Waals surface area contributed by atoms with Crippen LogP contribution < -0.4 is 5.73 Å². The van der Waals surface area contributed by atoms with Gasteiger partial charge < -0.3 is 10.2 Å². The third kappa shape index (κ3) is 2.07. The number of hydrogen-bond donors (Lipinski definition) is 1. The fourth-order valence-electron chi connectivity index (χ4n) is 2.58. The summed E-state index contributed by atoms with van der Waals surface area (Å²) in [5.74, 6) is 2.38. The highest BCUT2D eigenvalue weighted by Crippen LogP contribution is 2.48. The number of oxazole rings is 1. The zero-order valence-corrected chi connectivity index (χ0v) is 9.62. The molecule has 0 saturated heterocycles. The second kappa shape index (κ2) is 3.97. The molecule has 84 valence electrons. The number of nitrogens with zero attached hydrogens (tertiary/aromatic N) is 1. The van der Waals surface area contributed by atoms with E-state index < -0.39 is 0 Å². The Labute approximate surface area is 91.1 Å². The second-order valence-corrected chi connectivity index (χ2v) is 5.13. The van der Waals surface area contributed by atoms with Crippen molar-refractivity contribution in [1.29, 1.82) is 0 Å². The quantitative estimate of drug-likeness (QED) is 0.830. The van der Waals surface area contributed by atoms with Crippen LogP contribution in [0.5, 0.6) is 0 Å². The second-order valence-electron chi connectivity index (χ2n) is 5.13. The Morgan fingerprint density at radius 3 is 3.00 bits per heavy atom. The van der Waals surface area contributed by atoms with E-state index in [9.17, 15) is 0 Å². The van der Waals surface area contributed by atoms with Gasteiger partial charge in [0.2, 0.25) is 0 Å². The Morgan fingerprint density at radius 2 is 2.40 bits per heavy atom. The molecule has 1 heterocycles. The maximum Gasteiger partial charge on any atom is 0.195 e. The Kier molecular flexibility index (Phi) is 2.83. The lowest BCUT2D eigenvalue weighted by molar-refractivity contribution is 0.288. The molecule has 1 aromatic heterocycles. The Balaban J connectivity index is 2.15. The first-order valence-corrected chi connectivity index (χ1v) is 5.78. The Bertz CT molecular complexity index is 330. The molecule has 0 spiro atoms. The lowest BCUT2D eigenvalue weighted by Gasteiger charge is -2.24. The minimum Gasteiger partial charge on any atom is -0.445 e. The number of hydrogen-bond acceptors (Lipinski definition) is 3. The van der Waals surface area contributed by atoms with E-state index in [1.165, 1.54) is 19.3 Å². The van der Waals surface area contributed by atoms with Gasteiger partial charge in [-0.25, -0.2) is 4.98 Å². The zero-order chi connectivity index (χ0) is 10.9. The molecular formula is C12H20N2O. The van der Waals surface area contributed by atoms with E-state index in [2.05, 4.69) is 18.8 Å². The van der Waals surface area contributed by atoms with E-state index >= 15 is 0 Å². The maximum atomic E-state index is 5.75. The molecule has 2 rings (SSSR count). The summed E-state index contributed by atoms with van der Waals surface area (Å²) in [5.41, 5.74) is 5.84. The molecule has 3 heteroatoms. The molecule has 1 aromatic rings. The summed E-state index contributed by atoms with van der Waals surface area (Å²) in [7, 11) is 0. The first-order chi connectivity index (χ1) is 7.13. The van der Waals surface area contributed by atoms with Crippen LogP contribution >= 0.6 is 0 Å². The van der Waals surface area contributed by atoms with Crippen molar-refractivity contribution in [3.8, 4) is 0 Å². The molecule has 1 fully saturated rings. The van der Waals surface area contributed by atoms with E-state index in [1.54, 1.807) is 0 Å². The van der Waals surface area contributed by atoms with E-state index in [-0.39, 0.29) is 0 Å². The van der Waals surface area contributed by atoms with Crippen molar-refractivity contribution in [2.45, 2.75) is 45.4 Å². The highest BCUT2D eigenvalue weighted by atomic mass is 16.4. The molecule has 0 aromatic carbocycles. The summed E-state index contributed by atoms with van der Waals surface area (Å²) in [6.45, 7) is 5.24. The highest BCUT2D eigenvalue weighted by Gasteiger charge is 2.37. The summed E-state index contributed by atoms with van der Waals surface area (Å²) < 4.78 is 5.75. The first kappa shape index (κ1) is 10.7. The molecule has 1 atom stereocenters. The predicted octanol–water partition coefficient (Wildman–Crippen LogP) is 2.47. The van der Waals surface area contributed by atoms with Crippen molar-refractivity contribution in [3.05, 3.63) is 17.8 Å². The summed E-state index contributed by atoms with van der Waals surface area (Å²) in [6, 6.07) is 0. The maximum absolute atomic E-state index is 5.75. The van der Waals surface area contributed by atoms with Gasteiger partial charge in [-0.3, -0.25) is 0 Å². The third-order valence-electron chi connectivity index (χ3n) is 3.53. The Hall–Kier alpha value is -0.830. The third-order valence-corrected chi connectivity index (χ3v) is 3.53. The van der Waals surface area contributed by atoms with Crippen LogP contribution in [0.3, 0.4) is 0 Å². The summed E-state index contributed by atoms with van der Waals surface area (Å²) in [4.78, 5) is 4.27. The van der Waals surface area contributed by atoms with Crippen molar-refractivity contribution in [2.24, 2.45) is 11.1 Å². The molecule has 1 aliphatic carbocycles. The fraction of sp³-hybridized carbons (Fsp3) is 0.750. The van der Waals surface area contributed by atoms with Gasteiger partial charge in [0, 0.05) is 18.9 Å². The van der Waals surface area contributed by atoms with E-state index in [4.69, 9.17) is 10.2 Å². The van der Waals surface area contributed by atoms with Crippen LogP contribution in [0.15, 0.2) is 10.6 Å². The Morgan fingerprint density at radius 1 is 1.60 bits per heavy atom. The largest absolute Gasteiger partial charge is 0.445 e. The molecule has 2 N–H and O–H groups in total. The monoisotopic (exact) mass is 208 g/mol. The van der Waals surface area contributed by atoms with Crippen LogP contribution in [-0.2, 0) is 6.42 Å². The minimum absolute atomic E-state index is 0.361. The number of aromatic nitrogens is 1. The van der Waals surface area contributed by atoms with Gasteiger partial charge in [-0.05, 0) is 18.3 Å². The van der Waals surface area contributed by atoms with Crippen LogP contribution in [0.4, 0.5) is 0 Å². The summed E-state index contributed by atoms with van der Waals surface area (Å²) in [6.07, 6.45) is 6.44. The van der Waals surface area contributed by atoms with Crippen molar-refractivity contribution < 1.29 is 4.42 Å². The molecular weight excluding hydrogens is 188 g/mol. The van der Waals surface area contributed by atoms with Crippen LogP contribution in [-0.4, -0.2) is 11.5 Å². The van der Waals surface area contributed by atoms with Gasteiger partial charge in [0.15, 0.2) is 5.89 Å². The van der Waals surface area contributed by atoms with Gasteiger partial charge in [-0.2, -0.15) is 0 Å². The topological polar surface area (TPSA) is 52.0 Å². The predicted molar refractivity (Wildman–Crippen MR) is 59.6 cm³/mol. The van der Waals surface area contributed by atoms with Gasteiger partial charge in [-0.15, -0.1) is 0 Å². The molecule has 3 nitrogen and oxygen atoms in total. The molecule has 15 heavy (non-hydrogen) atoms. The highest BCUT2D eigenvalue weighted by molar-refractivity contribution is 5.09. The lowest BCUT2D eigenvalue weighted by atomic mass is 9.81. The average molecular weight is 208 g/mol. The molecule has 0 radical (unpaired) electrons. The number of rotatable bonds is 3. The summed E-state index contributed by atoms with van der Waals surface area (Å²) in [5, 5.41) is 0. The average Bonchev–Trinajstić information content (AvgIpc) is 2.72. The van der Waals surface area contributed by atoms with Crippen molar-refractivity contribution in [1.82, 2.24) is 4.98 Å². The molecule has 1 aliphatic rings. The summed E-state index contributed by atoms with van der Waals surface area (Å²) >= 11 is 0. The zero-order valence-electron chi connectivity index (χ0n) is 9.62. The van der Waals surface area contributed by atoms with E-state index in [0.29, 0.717) is 17.9 Å². The smallest absolute Gasteiger partial charge is 0.195 e.